The highest BCUT2D eigenvalue weighted by Crippen LogP contribution is 2.19. The van der Waals surface area contributed by atoms with Gasteiger partial charge in [0.05, 0.1) is 0 Å². The minimum absolute atomic E-state index is 0.407. The van der Waals surface area contributed by atoms with E-state index in [-0.39, 0.29) is 0 Å². The molecule has 92 valence electrons. The van der Waals surface area contributed by atoms with Crippen LogP contribution in [-0.2, 0) is 0 Å². The Bertz CT molecular complexity index is 365. The van der Waals surface area contributed by atoms with Crippen LogP contribution in [-0.4, -0.2) is 11.5 Å². The molecule has 0 fully saturated rings. The molecule has 1 N–H and O–H groups in total. The Balaban J connectivity index is 2.64. The molecule has 17 heavy (non-hydrogen) atoms. The van der Waals surface area contributed by atoms with E-state index in [9.17, 15) is 0 Å². The fraction of sp³-hybridized carbons (Fsp3) is 0.533. The molecule has 1 aromatic rings. The predicted octanol–water partition coefficient (Wildman–Crippen LogP) is 3.23. The van der Waals surface area contributed by atoms with E-state index in [1.54, 1.807) is 0 Å². The van der Waals surface area contributed by atoms with Gasteiger partial charge in [-0.1, -0.05) is 6.92 Å². The van der Waals surface area contributed by atoms with Crippen LogP contribution in [0.1, 0.15) is 49.9 Å². The van der Waals surface area contributed by atoms with Crippen LogP contribution in [0.3, 0.4) is 0 Å². The Morgan fingerprint density at radius 3 is 3.00 bits per heavy atom. The van der Waals surface area contributed by atoms with E-state index in [4.69, 9.17) is 6.42 Å². The van der Waals surface area contributed by atoms with Gasteiger partial charge in [0.2, 0.25) is 0 Å². The van der Waals surface area contributed by atoms with Gasteiger partial charge in [0.15, 0.2) is 0 Å². The van der Waals surface area contributed by atoms with Crippen LogP contribution in [0.5, 0.6) is 0 Å². The van der Waals surface area contributed by atoms with Crippen molar-refractivity contribution >= 4 is 0 Å². The lowest BCUT2D eigenvalue weighted by Crippen LogP contribution is -2.22. The van der Waals surface area contributed by atoms with Crippen molar-refractivity contribution in [1.82, 2.24) is 10.3 Å². The van der Waals surface area contributed by atoms with E-state index in [2.05, 4.69) is 35.3 Å². The first-order valence-corrected chi connectivity index (χ1v) is 6.37. The van der Waals surface area contributed by atoms with E-state index in [0.717, 1.165) is 37.9 Å². The van der Waals surface area contributed by atoms with Crippen molar-refractivity contribution in [2.45, 2.75) is 45.6 Å². The number of nitrogens with one attached hydrogen (secondary N) is 1. The maximum absolute atomic E-state index is 5.30. The van der Waals surface area contributed by atoms with Crippen LogP contribution < -0.4 is 5.32 Å². The summed E-state index contributed by atoms with van der Waals surface area (Å²) in [6, 6.07) is 4.66. The Morgan fingerprint density at radius 1 is 1.53 bits per heavy atom. The SMILES string of the molecule is C#CCCCC(NCCC)c1ccnc(C)c1. The molecule has 1 unspecified atom stereocenters. The topological polar surface area (TPSA) is 24.9 Å². The number of unbranched alkanes of at least 4 members (excludes halogenated alkanes) is 1. The number of rotatable bonds is 7. The van der Waals surface area contributed by atoms with Gasteiger partial charge in [0, 0.05) is 24.4 Å². The minimum Gasteiger partial charge on any atom is -0.310 e. The van der Waals surface area contributed by atoms with E-state index < -0.39 is 0 Å². The highest BCUT2D eigenvalue weighted by molar-refractivity contribution is 5.19. The number of aryl methyl sites for hydroxylation is 1. The zero-order chi connectivity index (χ0) is 12.5. The number of pyridine rings is 1. The third-order valence-corrected chi connectivity index (χ3v) is 2.78. The summed E-state index contributed by atoms with van der Waals surface area (Å²) in [5.74, 6) is 2.70. The van der Waals surface area contributed by atoms with Crippen molar-refractivity contribution in [3.05, 3.63) is 29.6 Å². The summed E-state index contributed by atoms with van der Waals surface area (Å²) < 4.78 is 0. The van der Waals surface area contributed by atoms with Crippen LogP contribution in [0.2, 0.25) is 0 Å². The summed E-state index contributed by atoms with van der Waals surface area (Å²) >= 11 is 0. The summed E-state index contributed by atoms with van der Waals surface area (Å²) in [7, 11) is 0. The molecule has 2 heteroatoms. The molecule has 0 aliphatic heterocycles. The molecule has 2 nitrogen and oxygen atoms in total. The van der Waals surface area contributed by atoms with Crippen molar-refractivity contribution < 1.29 is 0 Å². The lowest BCUT2D eigenvalue weighted by Gasteiger charge is -2.18. The van der Waals surface area contributed by atoms with Gasteiger partial charge in [-0.15, -0.1) is 12.3 Å². The molecule has 1 atom stereocenters. The number of nitrogens with zero attached hydrogens (tertiary/aromatic N) is 1. The zero-order valence-corrected chi connectivity index (χ0v) is 10.9. The van der Waals surface area contributed by atoms with Gasteiger partial charge >= 0.3 is 0 Å². The van der Waals surface area contributed by atoms with Crippen LogP contribution in [0.25, 0.3) is 0 Å². The normalized spacial score (nSPS) is 12.1. The van der Waals surface area contributed by atoms with Crippen LogP contribution in [0, 0.1) is 19.3 Å². The monoisotopic (exact) mass is 230 g/mol. The highest BCUT2D eigenvalue weighted by Gasteiger charge is 2.10. The van der Waals surface area contributed by atoms with Crippen molar-refractivity contribution in [2.24, 2.45) is 0 Å². The van der Waals surface area contributed by atoms with Gasteiger partial charge < -0.3 is 5.32 Å². The number of terminal acetylenes is 1. The molecule has 0 bridgehead atoms. The van der Waals surface area contributed by atoms with Crippen molar-refractivity contribution in [3.8, 4) is 12.3 Å². The van der Waals surface area contributed by atoms with E-state index in [0.29, 0.717) is 6.04 Å². The number of hydrogen-bond donors (Lipinski definition) is 1. The molecule has 0 saturated carbocycles. The van der Waals surface area contributed by atoms with E-state index >= 15 is 0 Å². The van der Waals surface area contributed by atoms with Gasteiger partial charge in [0.25, 0.3) is 0 Å². The van der Waals surface area contributed by atoms with Crippen LogP contribution in [0.15, 0.2) is 18.3 Å². The molecular formula is C15H22N2. The summed E-state index contributed by atoms with van der Waals surface area (Å²) in [6.45, 7) is 5.26. The standard InChI is InChI=1S/C15H22N2/c1-4-6-7-8-15(17-10-5-2)14-9-11-16-13(3)12-14/h1,9,11-12,15,17H,5-8,10H2,2-3H3. The molecule has 1 rings (SSSR count). The summed E-state index contributed by atoms with van der Waals surface area (Å²) in [5.41, 5.74) is 2.39. The molecule has 1 heterocycles. The second-order valence-corrected chi connectivity index (χ2v) is 4.33. The van der Waals surface area contributed by atoms with Gasteiger partial charge in [0.1, 0.15) is 0 Å². The largest absolute Gasteiger partial charge is 0.310 e. The lowest BCUT2D eigenvalue weighted by atomic mass is 10.0. The van der Waals surface area contributed by atoms with Gasteiger partial charge in [-0.3, -0.25) is 4.98 Å². The number of hydrogen-bond acceptors (Lipinski definition) is 2. The molecule has 1 aromatic heterocycles. The molecule has 0 saturated heterocycles. The van der Waals surface area contributed by atoms with Gasteiger partial charge in [-0.05, 0) is 50.4 Å². The smallest absolute Gasteiger partial charge is 0.0375 e. The Hall–Kier alpha value is -1.33. The average molecular weight is 230 g/mol. The summed E-state index contributed by atoms with van der Waals surface area (Å²) in [6.07, 6.45) is 11.3. The number of aromatic nitrogens is 1. The van der Waals surface area contributed by atoms with Crippen molar-refractivity contribution in [3.63, 3.8) is 0 Å². The van der Waals surface area contributed by atoms with E-state index in [1.807, 2.05) is 13.1 Å². The maximum atomic E-state index is 5.30. The summed E-state index contributed by atoms with van der Waals surface area (Å²) in [5, 5.41) is 3.58. The zero-order valence-electron chi connectivity index (χ0n) is 10.9. The third kappa shape index (κ3) is 5.01. The van der Waals surface area contributed by atoms with Crippen LogP contribution >= 0.6 is 0 Å². The molecule has 0 aliphatic rings. The van der Waals surface area contributed by atoms with E-state index in [1.165, 1.54) is 5.56 Å². The Morgan fingerprint density at radius 2 is 2.35 bits per heavy atom. The Kier molecular flexibility index (Phi) is 6.35. The third-order valence-electron chi connectivity index (χ3n) is 2.78. The van der Waals surface area contributed by atoms with Crippen LogP contribution in [0.4, 0.5) is 0 Å². The van der Waals surface area contributed by atoms with Crippen molar-refractivity contribution in [1.29, 1.82) is 0 Å². The molecule has 0 aromatic carbocycles. The summed E-state index contributed by atoms with van der Waals surface area (Å²) in [4.78, 5) is 4.24. The highest BCUT2D eigenvalue weighted by atomic mass is 14.9. The fourth-order valence-corrected chi connectivity index (χ4v) is 1.90. The lowest BCUT2D eigenvalue weighted by molar-refractivity contribution is 0.487. The molecule has 0 spiro atoms. The second kappa shape index (κ2) is 7.86. The van der Waals surface area contributed by atoms with Gasteiger partial charge in [-0.2, -0.15) is 0 Å². The first-order chi connectivity index (χ1) is 8.27. The van der Waals surface area contributed by atoms with Crippen molar-refractivity contribution in [2.75, 3.05) is 6.54 Å². The maximum Gasteiger partial charge on any atom is 0.0375 e. The molecular weight excluding hydrogens is 208 g/mol. The minimum atomic E-state index is 0.407. The first kappa shape index (κ1) is 13.7. The predicted molar refractivity (Wildman–Crippen MR) is 72.7 cm³/mol. The second-order valence-electron chi connectivity index (χ2n) is 4.33. The fourth-order valence-electron chi connectivity index (χ4n) is 1.90. The van der Waals surface area contributed by atoms with Gasteiger partial charge in [-0.25, -0.2) is 0 Å². The quantitative estimate of drug-likeness (QED) is 0.574. The average Bonchev–Trinajstić information content (AvgIpc) is 2.33. The molecule has 0 aliphatic carbocycles. The first-order valence-electron chi connectivity index (χ1n) is 6.37. The Labute approximate surface area is 105 Å². The molecule has 0 amide bonds. The molecule has 0 radical (unpaired) electrons.